The lowest BCUT2D eigenvalue weighted by atomic mass is 10.0. The molecular formula is C24H29N3O4. The summed E-state index contributed by atoms with van der Waals surface area (Å²) in [5.41, 5.74) is 2.75. The van der Waals surface area contributed by atoms with Gasteiger partial charge >= 0.3 is 0 Å². The predicted molar refractivity (Wildman–Crippen MR) is 118 cm³/mol. The predicted octanol–water partition coefficient (Wildman–Crippen LogP) is 2.21. The molecule has 2 unspecified atom stereocenters. The number of ether oxygens (including phenoxy) is 1. The SMILES string of the molecule is CCCNC(=O)[C@H](Cc1ccccc1)NC(=O)C1OC1C(=O)Nc1ccc(CC)cc1. The minimum atomic E-state index is -0.896. The van der Waals surface area contributed by atoms with Crippen LogP contribution in [0.25, 0.3) is 0 Å². The first-order valence-corrected chi connectivity index (χ1v) is 10.7. The van der Waals surface area contributed by atoms with Crippen LogP contribution in [0.4, 0.5) is 5.69 Å². The molecular weight excluding hydrogens is 394 g/mol. The second-order valence-corrected chi connectivity index (χ2v) is 7.56. The van der Waals surface area contributed by atoms with Crippen molar-refractivity contribution in [3.63, 3.8) is 0 Å². The molecule has 3 amide bonds. The van der Waals surface area contributed by atoms with Crippen molar-refractivity contribution < 1.29 is 19.1 Å². The molecule has 0 radical (unpaired) electrons. The molecule has 7 heteroatoms. The van der Waals surface area contributed by atoms with Gasteiger partial charge in [0.25, 0.3) is 11.8 Å². The second kappa shape index (κ2) is 10.7. The number of rotatable bonds is 10. The van der Waals surface area contributed by atoms with Crippen molar-refractivity contribution in [3.05, 3.63) is 65.7 Å². The molecule has 1 heterocycles. The van der Waals surface area contributed by atoms with Crippen LogP contribution in [0.1, 0.15) is 31.4 Å². The Balaban J connectivity index is 1.57. The van der Waals surface area contributed by atoms with Crippen LogP contribution in [0.3, 0.4) is 0 Å². The number of nitrogens with one attached hydrogen (secondary N) is 3. The molecule has 1 aliphatic heterocycles. The fourth-order valence-corrected chi connectivity index (χ4v) is 3.23. The lowest BCUT2D eigenvalue weighted by molar-refractivity contribution is -0.129. The van der Waals surface area contributed by atoms with Gasteiger partial charge in [-0.2, -0.15) is 0 Å². The summed E-state index contributed by atoms with van der Waals surface area (Å²) in [4.78, 5) is 37.6. The maximum absolute atomic E-state index is 12.6. The van der Waals surface area contributed by atoms with E-state index in [9.17, 15) is 14.4 Å². The smallest absolute Gasteiger partial charge is 0.256 e. The van der Waals surface area contributed by atoms with Crippen LogP contribution < -0.4 is 16.0 Å². The van der Waals surface area contributed by atoms with Crippen molar-refractivity contribution in [1.82, 2.24) is 10.6 Å². The van der Waals surface area contributed by atoms with Crippen LogP contribution in [-0.2, 0) is 32.0 Å². The first kappa shape index (κ1) is 22.5. The summed E-state index contributed by atoms with van der Waals surface area (Å²) >= 11 is 0. The Kier molecular flexibility index (Phi) is 7.78. The Morgan fingerprint density at radius 3 is 2.23 bits per heavy atom. The van der Waals surface area contributed by atoms with Crippen LogP contribution >= 0.6 is 0 Å². The zero-order chi connectivity index (χ0) is 22.2. The van der Waals surface area contributed by atoms with Gasteiger partial charge in [0, 0.05) is 18.7 Å². The number of hydrogen-bond donors (Lipinski definition) is 3. The third-order valence-corrected chi connectivity index (χ3v) is 5.10. The van der Waals surface area contributed by atoms with E-state index < -0.39 is 24.2 Å². The molecule has 2 aromatic rings. The number of amides is 3. The maximum Gasteiger partial charge on any atom is 0.256 e. The highest BCUT2D eigenvalue weighted by Crippen LogP contribution is 2.24. The lowest BCUT2D eigenvalue weighted by Gasteiger charge is -2.18. The zero-order valence-electron chi connectivity index (χ0n) is 17.9. The summed E-state index contributed by atoms with van der Waals surface area (Å²) in [5, 5.41) is 8.32. The van der Waals surface area contributed by atoms with E-state index in [1.807, 2.05) is 61.5 Å². The van der Waals surface area contributed by atoms with E-state index in [-0.39, 0.29) is 11.8 Å². The number of carbonyl (C=O) groups excluding carboxylic acids is 3. The van der Waals surface area contributed by atoms with Gasteiger partial charge in [0.1, 0.15) is 6.04 Å². The highest BCUT2D eigenvalue weighted by molar-refractivity contribution is 6.02. The Labute approximate surface area is 182 Å². The molecule has 3 atom stereocenters. The van der Waals surface area contributed by atoms with Crippen molar-refractivity contribution in [1.29, 1.82) is 0 Å². The lowest BCUT2D eigenvalue weighted by Crippen LogP contribution is -2.49. The van der Waals surface area contributed by atoms with E-state index >= 15 is 0 Å². The van der Waals surface area contributed by atoms with Gasteiger partial charge in [0.2, 0.25) is 5.91 Å². The topological polar surface area (TPSA) is 99.8 Å². The van der Waals surface area contributed by atoms with Gasteiger partial charge in [-0.05, 0) is 36.1 Å². The van der Waals surface area contributed by atoms with Gasteiger partial charge in [0.05, 0.1) is 0 Å². The minimum absolute atomic E-state index is 0.253. The average Bonchev–Trinajstić information content (AvgIpc) is 3.59. The van der Waals surface area contributed by atoms with Gasteiger partial charge in [-0.3, -0.25) is 14.4 Å². The molecule has 7 nitrogen and oxygen atoms in total. The molecule has 164 valence electrons. The van der Waals surface area contributed by atoms with Crippen molar-refractivity contribution in [2.45, 2.75) is 51.4 Å². The quantitative estimate of drug-likeness (QED) is 0.510. The van der Waals surface area contributed by atoms with Gasteiger partial charge in [0.15, 0.2) is 12.2 Å². The highest BCUT2D eigenvalue weighted by Gasteiger charge is 2.51. The monoisotopic (exact) mass is 423 g/mol. The number of carbonyl (C=O) groups is 3. The Bertz CT molecular complexity index is 899. The van der Waals surface area contributed by atoms with E-state index in [0.717, 1.165) is 18.4 Å². The average molecular weight is 424 g/mol. The largest absolute Gasteiger partial charge is 0.354 e. The number of aryl methyl sites for hydroxylation is 1. The molecule has 2 aromatic carbocycles. The van der Waals surface area contributed by atoms with Gasteiger partial charge in [-0.1, -0.05) is 56.3 Å². The molecule has 0 aliphatic carbocycles. The third kappa shape index (κ3) is 6.39. The molecule has 1 aliphatic rings. The van der Waals surface area contributed by atoms with Gasteiger partial charge in [-0.25, -0.2) is 0 Å². The van der Waals surface area contributed by atoms with Crippen LogP contribution in [0.2, 0.25) is 0 Å². The second-order valence-electron chi connectivity index (χ2n) is 7.56. The molecule has 3 rings (SSSR count). The first-order chi connectivity index (χ1) is 15.0. The van der Waals surface area contributed by atoms with E-state index in [4.69, 9.17) is 4.74 Å². The van der Waals surface area contributed by atoms with Crippen LogP contribution in [0, 0.1) is 0 Å². The highest BCUT2D eigenvalue weighted by atomic mass is 16.6. The Morgan fingerprint density at radius 1 is 0.903 bits per heavy atom. The van der Waals surface area contributed by atoms with Gasteiger partial charge in [-0.15, -0.1) is 0 Å². The van der Waals surface area contributed by atoms with E-state index in [0.29, 0.717) is 18.7 Å². The molecule has 0 aromatic heterocycles. The summed E-state index contributed by atoms with van der Waals surface area (Å²) in [6, 6.07) is 16.3. The third-order valence-electron chi connectivity index (χ3n) is 5.10. The molecule has 1 saturated heterocycles. The van der Waals surface area contributed by atoms with Crippen LogP contribution in [0.15, 0.2) is 54.6 Å². The first-order valence-electron chi connectivity index (χ1n) is 10.7. The Morgan fingerprint density at radius 2 is 1.58 bits per heavy atom. The minimum Gasteiger partial charge on any atom is -0.354 e. The Hall–Kier alpha value is -3.19. The van der Waals surface area contributed by atoms with Gasteiger partial charge < -0.3 is 20.7 Å². The van der Waals surface area contributed by atoms with Crippen molar-refractivity contribution in [3.8, 4) is 0 Å². The van der Waals surface area contributed by atoms with Crippen LogP contribution in [-0.4, -0.2) is 42.5 Å². The fraction of sp³-hybridized carbons (Fsp3) is 0.375. The summed E-state index contributed by atoms with van der Waals surface area (Å²) in [6.07, 6.45) is 0.313. The van der Waals surface area contributed by atoms with Crippen molar-refractivity contribution >= 4 is 23.4 Å². The summed E-state index contributed by atoms with van der Waals surface area (Å²) < 4.78 is 5.31. The molecule has 1 fully saturated rings. The molecule has 3 N–H and O–H groups in total. The van der Waals surface area contributed by atoms with Crippen molar-refractivity contribution in [2.24, 2.45) is 0 Å². The maximum atomic E-state index is 12.6. The molecule has 31 heavy (non-hydrogen) atoms. The van der Waals surface area contributed by atoms with Crippen LogP contribution in [0.5, 0.6) is 0 Å². The molecule has 0 saturated carbocycles. The number of anilines is 1. The summed E-state index contributed by atoms with van der Waals surface area (Å²) in [5.74, 6) is -1.09. The number of benzene rings is 2. The standard InChI is InChI=1S/C24H29N3O4/c1-3-14-25-22(28)19(15-17-8-6-5-7-9-17)27-24(30)21-20(31-21)23(29)26-18-12-10-16(4-2)11-13-18/h5-13,19-21H,3-4,14-15H2,1-2H3,(H,25,28)(H,26,29)(H,27,30)/t19-,20?,21?/m0/s1. The van der Waals surface area contributed by atoms with E-state index in [2.05, 4.69) is 22.9 Å². The summed E-state index contributed by atoms with van der Waals surface area (Å²) in [6.45, 7) is 4.55. The summed E-state index contributed by atoms with van der Waals surface area (Å²) in [7, 11) is 0. The van der Waals surface area contributed by atoms with E-state index in [1.165, 1.54) is 5.56 Å². The molecule has 0 bridgehead atoms. The fourth-order valence-electron chi connectivity index (χ4n) is 3.23. The van der Waals surface area contributed by atoms with E-state index in [1.54, 1.807) is 0 Å². The normalized spacial score (nSPS) is 18.0. The van der Waals surface area contributed by atoms with Crippen molar-refractivity contribution in [2.75, 3.05) is 11.9 Å². The zero-order valence-corrected chi connectivity index (χ0v) is 17.9. The molecule has 0 spiro atoms. The number of epoxide rings is 1. The number of hydrogen-bond acceptors (Lipinski definition) is 4.